The molecule has 2 saturated heterocycles. The second kappa shape index (κ2) is 12.0. The summed E-state index contributed by atoms with van der Waals surface area (Å²) < 4.78 is 7.45. The average molecular weight is 490 g/mol. The van der Waals surface area contributed by atoms with Crippen molar-refractivity contribution in [2.75, 3.05) is 26.3 Å². The predicted molar refractivity (Wildman–Crippen MR) is 134 cm³/mol. The Hall–Kier alpha value is -2.42. The third-order valence-electron chi connectivity index (χ3n) is 7.35. The molecule has 0 unspecified atom stereocenters. The van der Waals surface area contributed by atoms with Gasteiger partial charge in [-0.1, -0.05) is 26.7 Å². The van der Waals surface area contributed by atoms with Crippen LogP contribution in [0.1, 0.15) is 81.9 Å². The number of nitrogens with one attached hydrogen (secondary N) is 2. The Balaban J connectivity index is 1.75. The monoisotopic (exact) mass is 489 g/mol. The molecule has 2 atom stereocenters. The molecule has 2 aliphatic rings. The first-order valence-electron chi connectivity index (χ1n) is 13.1. The molecule has 0 aromatic carbocycles. The number of piperidine rings is 1. The van der Waals surface area contributed by atoms with E-state index in [9.17, 15) is 14.4 Å². The molecular weight excluding hydrogens is 446 g/mol. The minimum absolute atomic E-state index is 0.0555. The summed E-state index contributed by atoms with van der Waals surface area (Å²) in [6, 6.07) is 1.11. The second-order valence-electron chi connectivity index (χ2n) is 10.8. The second-order valence-corrected chi connectivity index (χ2v) is 10.8. The number of rotatable bonds is 3. The molecule has 3 amide bonds. The molecule has 35 heavy (non-hydrogen) atoms. The first-order valence-corrected chi connectivity index (χ1v) is 13.1. The molecule has 3 heterocycles. The topological polar surface area (TPSA) is 106 Å². The summed E-state index contributed by atoms with van der Waals surface area (Å²) in [4.78, 5) is 41.6. The number of ether oxygens (including phenoxy) is 1. The van der Waals surface area contributed by atoms with E-state index in [1.54, 1.807) is 15.6 Å². The number of hydrogen-bond donors (Lipinski definition) is 2. The Bertz CT molecular complexity index is 869. The van der Waals surface area contributed by atoms with E-state index in [4.69, 9.17) is 4.74 Å². The van der Waals surface area contributed by atoms with Crippen LogP contribution in [0.5, 0.6) is 0 Å². The maximum Gasteiger partial charge on any atom is 0.274 e. The summed E-state index contributed by atoms with van der Waals surface area (Å²) in [5, 5.41) is 10.4. The number of nitrogens with zero attached hydrogens (tertiary/aromatic N) is 3. The van der Waals surface area contributed by atoms with Crippen LogP contribution in [0.3, 0.4) is 0 Å². The minimum atomic E-state index is -0.582. The van der Waals surface area contributed by atoms with Gasteiger partial charge in [-0.15, -0.1) is 0 Å². The van der Waals surface area contributed by atoms with Gasteiger partial charge in [0.05, 0.1) is 12.0 Å². The Morgan fingerprint density at radius 2 is 1.89 bits per heavy atom. The first-order chi connectivity index (χ1) is 16.6. The van der Waals surface area contributed by atoms with Gasteiger partial charge in [0.1, 0.15) is 6.04 Å². The summed E-state index contributed by atoms with van der Waals surface area (Å²) in [5.74, 6) is -0.0460. The third-order valence-corrected chi connectivity index (χ3v) is 7.35. The highest BCUT2D eigenvalue weighted by atomic mass is 16.5. The third kappa shape index (κ3) is 7.06. The number of carbonyl (C=O) groups excluding carboxylic acids is 3. The van der Waals surface area contributed by atoms with E-state index in [2.05, 4.69) is 29.6 Å². The molecule has 1 spiro atoms. The van der Waals surface area contributed by atoms with Gasteiger partial charge in [-0.3, -0.25) is 19.1 Å². The molecule has 2 fully saturated rings. The SMILES string of the molecule is Cc1cc(C(=O)N2CCC3(CCCCCOC[C@@H](C)NC(=O)[C@H](CC(C)C)NC3=O)CC2)nn1C. The molecule has 0 saturated carbocycles. The minimum Gasteiger partial charge on any atom is -0.379 e. The van der Waals surface area contributed by atoms with Crippen molar-refractivity contribution in [3.63, 3.8) is 0 Å². The fraction of sp³-hybridized carbons (Fsp3) is 0.769. The van der Waals surface area contributed by atoms with Crippen LogP contribution < -0.4 is 10.6 Å². The number of amides is 3. The Kier molecular flexibility index (Phi) is 9.33. The maximum absolute atomic E-state index is 13.7. The lowest BCUT2D eigenvalue weighted by Gasteiger charge is -2.41. The zero-order chi connectivity index (χ0) is 25.6. The average Bonchev–Trinajstić information content (AvgIpc) is 3.15. The van der Waals surface area contributed by atoms with E-state index in [-0.39, 0.29) is 29.7 Å². The standard InChI is InChI=1S/C26H43N5O4/c1-18(2)15-21-23(32)27-19(3)17-35-14-8-6-7-9-26(25(34)28-21)10-12-31(13-11-26)24(33)22-16-20(4)30(5)29-22/h16,18-19,21H,6-15,17H2,1-5H3,(H,27,32)(H,28,34)/t19-,21+/m1/s1. The summed E-state index contributed by atoms with van der Waals surface area (Å²) in [6.07, 6.45) is 5.32. The fourth-order valence-corrected chi connectivity index (χ4v) is 5.06. The molecule has 0 bridgehead atoms. The highest BCUT2D eigenvalue weighted by Crippen LogP contribution is 2.38. The lowest BCUT2D eigenvalue weighted by Crippen LogP contribution is -2.56. The van der Waals surface area contributed by atoms with Gasteiger partial charge >= 0.3 is 0 Å². The van der Waals surface area contributed by atoms with Crippen LogP contribution in [0.15, 0.2) is 6.07 Å². The van der Waals surface area contributed by atoms with Crippen LogP contribution in [0.4, 0.5) is 0 Å². The van der Waals surface area contributed by atoms with E-state index >= 15 is 0 Å². The zero-order valence-corrected chi connectivity index (χ0v) is 22.1. The summed E-state index contributed by atoms with van der Waals surface area (Å²) in [7, 11) is 1.83. The van der Waals surface area contributed by atoms with Crippen molar-refractivity contribution in [1.82, 2.24) is 25.3 Å². The van der Waals surface area contributed by atoms with Crippen LogP contribution in [0, 0.1) is 18.3 Å². The Labute approximate surface area is 209 Å². The molecule has 0 aliphatic carbocycles. The van der Waals surface area contributed by atoms with Gasteiger partial charge in [0.2, 0.25) is 11.8 Å². The van der Waals surface area contributed by atoms with Crippen molar-refractivity contribution in [3.05, 3.63) is 17.5 Å². The fourth-order valence-electron chi connectivity index (χ4n) is 5.06. The van der Waals surface area contributed by atoms with Crippen molar-refractivity contribution in [3.8, 4) is 0 Å². The molecule has 1 aromatic heterocycles. The quantitative estimate of drug-likeness (QED) is 0.679. The normalized spacial score (nSPS) is 24.7. The van der Waals surface area contributed by atoms with Gasteiger partial charge in [-0.25, -0.2) is 0 Å². The van der Waals surface area contributed by atoms with Gasteiger partial charge in [-0.05, 0) is 57.9 Å². The number of likely N-dealkylation sites (tertiary alicyclic amines) is 1. The van der Waals surface area contributed by atoms with Gasteiger partial charge in [0.25, 0.3) is 5.91 Å². The Morgan fingerprint density at radius 1 is 1.17 bits per heavy atom. The number of carbonyl (C=O) groups is 3. The first kappa shape index (κ1) is 27.2. The van der Waals surface area contributed by atoms with Crippen LogP contribution in [0.25, 0.3) is 0 Å². The molecular formula is C26H43N5O4. The van der Waals surface area contributed by atoms with Crippen molar-refractivity contribution >= 4 is 17.7 Å². The predicted octanol–water partition coefficient (Wildman–Crippen LogP) is 2.58. The smallest absolute Gasteiger partial charge is 0.274 e. The lowest BCUT2D eigenvalue weighted by molar-refractivity contribution is -0.138. The molecule has 9 nitrogen and oxygen atoms in total. The molecule has 1 aromatic rings. The molecule has 0 radical (unpaired) electrons. The molecule has 196 valence electrons. The lowest BCUT2D eigenvalue weighted by atomic mass is 9.73. The van der Waals surface area contributed by atoms with Crippen LogP contribution in [0.2, 0.25) is 0 Å². The zero-order valence-electron chi connectivity index (χ0n) is 22.1. The van der Waals surface area contributed by atoms with Gasteiger partial charge in [0.15, 0.2) is 5.69 Å². The number of hydrogen-bond acceptors (Lipinski definition) is 5. The van der Waals surface area contributed by atoms with E-state index in [1.165, 1.54) is 0 Å². The van der Waals surface area contributed by atoms with Crippen molar-refractivity contribution in [2.24, 2.45) is 18.4 Å². The van der Waals surface area contributed by atoms with E-state index in [0.717, 1.165) is 31.4 Å². The highest BCUT2D eigenvalue weighted by Gasteiger charge is 2.43. The van der Waals surface area contributed by atoms with Crippen molar-refractivity contribution < 1.29 is 19.1 Å². The van der Waals surface area contributed by atoms with Crippen molar-refractivity contribution in [2.45, 2.75) is 84.7 Å². The van der Waals surface area contributed by atoms with Crippen LogP contribution in [-0.2, 0) is 21.4 Å². The van der Waals surface area contributed by atoms with Gasteiger partial charge < -0.3 is 20.3 Å². The molecule has 3 rings (SSSR count). The van der Waals surface area contributed by atoms with Crippen LogP contribution >= 0.6 is 0 Å². The Morgan fingerprint density at radius 3 is 2.51 bits per heavy atom. The molecule has 9 heteroatoms. The highest BCUT2D eigenvalue weighted by molar-refractivity contribution is 5.93. The number of aromatic nitrogens is 2. The molecule has 2 N–H and O–H groups in total. The molecule has 2 aliphatic heterocycles. The van der Waals surface area contributed by atoms with Crippen molar-refractivity contribution in [1.29, 1.82) is 0 Å². The van der Waals surface area contributed by atoms with Crippen LogP contribution in [-0.4, -0.2) is 70.8 Å². The van der Waals surface area contributed by atoms with Gasteiger partial charge in [0, 0.05) is 38.5 Å². The van der Waals surface area contributed by atoms with E-state index in [1.807, 2.05) is 20.9 Å². The number of aryl methyl sites for hydroxylation is 2. The largest absolute Gasteiger partial charge is 0.379 e. The van der Waals surface area contributed by atoms with Gasteiger partial charge in [-0.2, -0.15) is 5.10 Å². The maximum atomic E-state index is 13.7. The van der Waals surface area contributed by atoms with E-state index in [0.29, 0.717) is 51.3 Å². The summed E-state index contributed by atoms with van der Waals surface area (Å²) in [5.41, 5.74) is 0.794. The summed E-state index contributed by atoms with van der Waals surface area (Å²) >= 11 is 0. The van der Waals surface area contributed by atoms with E-state index < -0.39 is 11.5 Å². The summed E-state index contributed by atoms with van der Waals surface area (Å²) in [6.45, 7) is 10.1.